The van der Waals surface area contributed by atoms with E-state index in [9.17, 15) is 9.36 Å². The van der Waals surface area contributed by atoms with Gasteiger partial charge in [-0.25, -0.2) is 0 Å². The molecule has 1 rings (SSSR count). The molecule has 2 atom stereocenters. The first kappa shape index (κ1) is 20.1. The Hall–Kier alpha value is 0.0300. The molecule has 0 amide bonds. The molecule has 1 aliphatic heterocycles. The minimum absolute atomic E-state index is 0.0866. The van der Waals surface area contributed by atoms with Gasteiger partial charge in [0.05, 0.1) is 5.38 Å². The number of Topliss-reactive ketones (excluding diaryl/α,β-unsaturated/α-hetero) is 1. The number of carbonyl (C=O) groups excluding carboxylic acids is 1. The zero-order valence-corrected chi connectivity index (χ0v) is 14.9. The number of hydrogen-bond donors (Lipinski definition) is 0. The number of unbranched alkanes of at least 4 members (excludes halogenated alkanes) is 1. The van der Waals surface area contributed by atoms with E-state index >= 15 is 0 Å². The van der Waals surface area contributed by atoms with Crippen LogP contribution in [0.5, 0.6) is 0 Å². The lowest BCUT2D eigenvalue weighted by Gasteiger charge is -2.22. The van der Waals surface area contributed by atoms with Crippen molar-refractivity contribution < 1.29 is 27.9 Å². The van der Waals surface area contributed by atoms with E-state index in [0.717, 1.165) is 38.7 Å². The Morgan fingerprint density at radius 1 is 1.32 bits per heavy atom. The lowest BCUT2D eigenvalue weighted by atomic mass is 10.1. The lowest BCUT2D eigenvalue weighted by Crippen LogP contribution is -2.23. The molecule has 6 nitrogen and oxygen atoms in total. The van der Waals surface area contributed by atoms with Crippen LogP contribution in [-0.4, -0.2) is 51.0 Å². The normalized spacial score (nSPS) is 20.8. The van der Waals surface area contributed by atoms with Crippen molar-refractivity contribution in [2.24, 2.45) is 0 Å². The quantitative estimate of drug-likeness (QED) is 0.321. The van der Waals surface area contributed by atoms with Crippen molar-refractivity contribution in [2.45, 2.75) is 50.2 Å². The van der Waals surface area contributed by atoms with E-state index in [1.54, 1.807) is 0 Å². The fourth-order valence-corrected chi connectivity index (χ4v) is 3.49. The summed E-state index contributed by atoms with van der Waals surface area (Å²) < 4.78 is 32.4. The van der Waals surface area contributed by atoms with E-state index in [2.05, 4.69) is 0 Å². The summed E-state index contributed by atoms with van der Waals surface area (Å²) in [5, 5.41) is -0.676. The summed E-state index contributed by atoms with van der Waals surface area (Å²) in [7, 11) is -0.819. The number of halogens is 1. The molecule has 0 bridgehead atoms. The second kappa shape index (κ2) is 10.7. The van der Waals surface area contributed by atoms with Crippen LogP contribution in [0.3, 0.4) is 0 Å². The van der Waals surface area contributed by atoms with Crippen molar-refractivity contribution in [3.8, 4) is 0 Å². The van der Waals surface area contributed by atoms with Crippen LogP contribution < -0.4 is 0 Å². The topological polar surface area (TPSA) is 71.1 Å². The van der Waals surface area contributed by atoms with Crippen LogP contribution in [0.1, 0.15) is 38.5 Å². The maximum Gasteiger partial charge on any atom is 0.337 e. The first-order chi connectivity index (χ1) is 10.5. The SMILES string of the molecule is COP(=O)(CC(=O)C(Cl)CCCCOC1CCCCO1)OC. The third-order valence-electron chi connectivity index (χ3n) is 3.55. The van der Waals surface area contributed by atoms with Crippen LogP contribution >= 0.6 is 19.2 Å². The first-order valence-electron chi connectivity index (χ1n) is 7.61. The second-order valence-corrected chi connectivity index (χ2v) is 8.03. The van der Waals surface area contributed by atoms with Gasteiger partial charge in [-0.2, -0.15) is 0 Å². The van der Waals surface area contributed by atoms with Crippen molar-refractivity contribution in [1.29, 1.82) is 0 Å². The van der Waals surface area contributed by atoms with Crippen LogP contribution in [0, 0.1) is 0 Å². The molecule has 0 N–H and O–H groups in total. The van der Waals surface area contributed by atoms with E-state index in [0.29, 0.717) is 13.0 Å². The number of ketones is 1. The fraction of sp³-hybridized carbons (Fsp3) is 0.929. The largest absolute Gasteiger partial charge is 0.353 e. The zero-order valence-electron chi connectivity index (χ0n) is 13.3. The van der Waals surface area contributed by atoms with E-state index in [1.165, 1.54) is 14.2 Å². The monoisotopic (exact) mass is 356 g/mol. The Balaban J connectivity index is 2.12. The van der Waals surface area contributed by atoms with Crippen molar-refractivity contribution in [1.82, 2.24) is 0 Å². The third kappa shape index (κ3) is 7.53. The summed E-state index contributed by atoms with van der Waals surface area (Å²) in [6.45, 7) is 1.36. The van der Waals surface area contributed by atoms with E-state index in [4.69, 9.17) is 30.1 Å². The standard InChI is InChI=1S/C14H26ClO6P/c1-18-22(17,19-2)11-13(16)12(15)7-3-5-9-20-14-8-4-6-10-21-14/h12,14H,3-11H2,1-2H3. The highest BCUT2D eigenvalue weighted by atomic mass is 35.5. The van der Waals surface area contributed by atoms with E-state index < -0.39 is 13.0 Å². The van der Waals surface area contributed by atoms with Gasteiger partial charge in [-0.05, 0) is 38.5 Å². The maximum absolute atomic E-state index is 11.9. The summed E-state index contributed by atoms with van der Waals surface area (Å²) in [4.78, 5) is 11.9. The third-order valence-corrected chi connectivity index (χ3v) is 5.82. The molecule has 0 aromatic rings. The van der Waals surface area contributed by atoms with Crippen LogP contribution in [0.25, 0.3) is 0 Å². The van der Waals surface area contributed by atoms with E-state index in [1.807, 2.05) is 0 Å². The van der Waals surface area contributed by atoms with Crippen LogP contribution in [-0.2, 0) is 27.9 Å². The highest BCUT2D eigenvalue weighted by molar-refractivity contribution is 7.54. The molecule has 0 aromatic carbocycles. The summed E-state index contributed by atoms with van der Waals surface area (Å²) in [5.41, 5.74) is 0. The summed E-state index contributed by atoms with van der Waals surface area (Å²) in [6.07, 6.45) is 4.89. The number of rotatable bonds is 11. The molecule has 1 heterocycles. The lowest BCUT2D eigenvalue weighted by molar-refractivity contribution is -0.162. The van der Waals surface area contributed by atoms with Gasteiger partial charge in [0, 0.05) is 27.4 Å². The molecule has 0 aromatic heterocycles. The molecular weight excluding hydrogens is 331 g/mol. The molecule has 0 aliphatic carbocycles. The predicted octanol–water partition coefficient (Wildman–Crippen LogP) is 3.36. The Morgan fingerprint density at radius 2 is 2.05 bits per heavy atom. The minimum atomic E-state index is -3.33. The Morgan fingerprint density at radius 3 is 2.64 bits per heavy atom. The van der Waals surface area contributed by atoms with Crippen molar-refractivity contribution in [2.75, 3.05) is 33.6 Å². The Kier molecular flexibility index (Phi) is 9.80. The molecule has 0 radical (unpaired) electrons. The average molecular weight is 357 g/mol. The molecule has 1 saturated heterocycles. The molecule has 130 valence electrons. The van der Waals surface area contributed by atoms with Gasteiger partial charge in [0.1, 0.15) is 6.16 Å². The van der Waals surface area contributed by atoms with Gasteiger partial charge >= 0.3 is 7.60 Å². The molecule has 22 heavy (non-hydrogen) atoms. The Labute approximate surface area is 137 Å². The molecule has 0 spiro atoms. The summed E-state index contributed by atoms with van der Waals surface area (Å²) >= 11 is 6.03. The van der Waals surface area contributed by atoms with E-state index in [-0.39, 0.29) is 18.2 Å². The highest BCUT2D eigenvalue weighted by Crippen LogP contribution is 2.46. The molecule has 1 aliphatic rings. The van der Waals surface area contributed by atoms with Gasteiger partial charge in [0.25, 0.3) is 0 Å². The van der Waals surface area contributed by atoms with Crippen LogP contribution in [0.4, 0.5) is 0 Å². The van der Waals surface area contributed by atoms with Gasteiger partial charge in [0.15, 0.2) is 12.1 Å². The van der Waals surface area contributed by atoms with Crippen molar-refractivity contribution >= 4 is 25.0 Å². The van der Waals surface area contributed by atoms with Crippen LogP contribution in [0.15, 0.2) is 0 Å². The molecule has 8 heteroatoms. The summed E-state index contributed by atoms with van der Waals surface area (Å²) in [5.74, 6) is -0.315. The first-order valence-corrected chi connectivity index (χ1v) is 9.77. The van der Waals surface area contributed by atoms with Crippen LogP contribution in [0.2, 0.25) is 0 Å². The van der Waals surface area contributed by atoms with Gasteiger partial charge in [-0.15, -0.1) is 11.6 Å². The smallest absolute Gasteiger partial charge is 0.337 e. The van der Waals surface area contributed by atoms with Gasteiger partial charge < -0.3 is 18.5 Å². The van der Waals surface area contributed by atoms with Crippen molar-refractivity contribution in [3.63, 3.8) is 0 Å². The second-order valence-electron chi connectivity index (χ2n) is 5.23. The number of alkyl halides is 1. The zero-order chi connectivity index (χ0) is 16.4. The number of ether oxygens (including phenoxy) is 2. The maximum atomic E-state index is 11.9. The molecule has 2 unspecified atom stereocenters. The van der Waals surface area contributed by atoms with Gasteiger partial charge in [-0.3, -0.25) is 9.36 Å². The van der Waals surface area contributed by atoms with Gasteiger partial charge in [0.2, 0.25) is 0 Å². The predicted molar refractivity (Wildman–Crippen MR) is 84.5 cm³/mol. The van der Waals surface area contributed by atoms with Gasteiger partial charge in [-0.1, -0.05) is 0 Å². The highest BCUT2D eigenvalue weighted by Gasteiger charge is 2.28. The molecule has 1 fully saturated rings. The molecular formula is C14H26ClO6P. The minimum Gasteiger partial charge on any atom is -0.353 e. The average Bonchev–Trinajstić information content (AvgIpc) is 2.55. The summed E-state index contributed by atoms with van der Waals surface area (Å²) in [6, 6.07) is 0. The number of carbonyl (C=O) groups is 1. The molecule has 0 saturated carbocycles. The van der Waals surface area contributed by atoms with Crippen molar-refractivity contribution in [3.05, 3.63) is 0 Å². The number of hydrogen-bond acceptors (Lipinski definition) is 6. The fourth-order valence-electron chi connectivity index (χ4n) is 2.14. The Bertz CT molecular complexity index is 364.